The number of nitrogens with two attached hydrogens (primary N) is 1. The molecule has 0 aliphatic carbocycles. The number of hydrogen-bond acceptors (Lipinski definition) is 4. The van der Waals surface area contributed by atoms with Gasteiger partial charge in [-0.3, -0.25) is 19.9 Å². The van der Waals surface area contributed by atoms with Gasteiger partial charge in [0.05, 0.1) is 6.54 Å². The van der Waals surface area contributed by atoms with Gasteiger partial charge in [0, 0.05) is 26.6 Å². The molecule has 1 saturated heterocycles. The molecule has 6 nitrogen and oxygen atoms in total. The molecule has 0 aromatic heterocycles. The van der Waals surface area contributed by atoms with E-state index in [1.807, 2.05) is 7.05 Å². The van der Waals surface area contributed by atoms with Crippen LogP contribution in [0.25, 0.3) is 0 Å². The minimum atomic E-state index is -0.154. The Balaban J connectivity index is 2.26. The van der Waals surface area contributed by atoms with Crippen molar-refractivity contribution in [3.63, 3.8) is 0 Å². The molecule has 1 rings (SSSR count). The van der Waals surface area contributed by atoms with Crippen molar-refractivity contribution in [1.82, 2.24) is 15.2 Å². The number of hydrazine groups is 1. The van der Waals surface area contributed by atoms with Crippen molar-refractivity contribution in [1.29, 1.82) is 0 Å². The van der Waals surface area contributed by atoms with Crippen LogP contribution < -0.4 is 11.3 Å². The van der Waals surface area contributed by atoms with Crippen LogP contribution >= 0.6 is 0 Å². The van der Waals surface area contributed by atoms with E-state index in [1.165, 1.54) is 0 Å². The lowest BCUT2D eigenvalue weighted by atomic mass is 10.2. The highest BCUT2D eigenvalue weighted by Crippen LogP contribution is 2.04. The van der Waals surface area contributed by atoms with Gasteiger partial charge in [-0.1, -0.05) is 0 Å². The lowest BCUT2D eigenvalue weighted by Crippen LogP contribution is -2.35. The number of carbonyl (C=O) groups excluding carboxylic acids is 2. The van der Waals surface area contributed by atoms with Crippen molar-refractivity contribution >= 4 is 11.8 Å². The van der Waals surface area contributed by atoms with Crippen LogP contribution in [0.5, 0.6) is 0 Å². The second-order valence-corrected chi connectivity index (χ2v) is 4.12. The zero-order chi connectivity index (χ0) is 12.0. The van der Waals surface area contributed by atoms with Gasteiger partial charge in [0.1, 0.15) is 0 Å². The fourth-order valence-corrected chi connectivity index (χ4v) is 1.77. The predicted octanol–water partition coefficient (Wildman–Crippen LogP) is -1.08. The maximum atomic E-state index is 11.6. The summed E-state index contributed by atoms with van der Waals surface area (Å²) < 4.78 is 0. The quantitative estimate of drug-likeness (QED) is 0.364. The number of rotatable bonds is 4. The van der Waals surface area contributed by atoms with Crippen molar-refractivity contribution < 1.29 is 9.59 Å². The Kier molecular flexibility index (Phi) is 5.21. The molecular formula is C10H20N4O2. The largest absolute Gasteiger partial charge is 0.345 e. The topological polar surface area (TPSA) is 78.7 Å². The number of carbonyl (C=O) groups is 2. The third kappa shape index (κ3) is 4.16. The second-order valence-electron chi connectivity index (χ2n) is 4.12. The third-order valence-corrected chi connectivity index (χ3v) is 2.79. The first-order chi connectivity index (χ1) is 7.63. The molecular weight excluding hydrogens is 208 g/mol. The predicted molar refractivity (Wildman–Crippen MR) is 60.3 cm³/mol. The van der Waals surface area contributed by atoms with Crippen molar-refractivity contribution in [3.8, 4) is 0 Å². The van der Waals surface area contributed by atoms with E-state index in [1.54, 1.807) is 4.90 Å². The van der Waals surface area contributed by atoms with E-state index in [4.69, 9.17) is 5.84 Å². The summed E-state index contributed by atoms with van der Waals surface area (Å²) in [6.07, 6.45) is 2.14. The number of amides is 2. The van der Waals surface area contributed by atoms with Crippen LogP contribution in [0.1, 0.15) is 19.3 Å². The minimum absolute atomic E-state index is 0.153. The number of hydrogen-bond donors (Lipinski definition) is 2. The smallest absolute Gasteiger partial charge is 0.236 e. The van der Waals surface area contributed by atoms with E-state index >= 15 is 0 Å². The average molecular weight is 228 g/mol. The van der Waals surface area contributed by atoms with Gasteiger partial charge in [0.25, 0.3) is 0 Å². The number of likely N-dealkylation sites (N-methyl/N-ethyl adjacent to an activating group) is 1. The summed E-state index contributed by atoms with van der Waals surface area (Å²) in [6, 6.07) is 0. The van der Waals surface area contributed by atoms with E-state index in [2.05, 4.69) is 10.3 Å². The molecule has 0 unspecified atom stereocenters. The van der Waals surface area contributed by atoms with Crippen LogP contribution in [0.4, 0.5) is 0 Å². The fraction of sp³-hybridized carbons (Fsp3) is 0.800. The molecule has 1 heterocycles. The summed E-state index contributed by atoms with van der Waals surface area (Å²) in [7, 11) is 1.83. The summed E-state index contributed by atoms with van der Waals surface area (Å²) in [5.74, 6) is 4.98. The van der Waals surface area contributed by atoms with Crippen molar-refractivity contribution in [2.24, 2.45) is 5.84 Å². The molecule has 0 bridgehead atoms. The summed E-state index contributed by atoms with van der Waals surface area (Å²) in [6.45, 7) is 2.96. The third-order valence-electron chi connectivity index (χ3n) is 2.79. The lowest BCUT2D eigenvalue weighted by molar-refractivity contribution is -0.129. The Morgan fingerprint density at radius 1 is 1.50 bits per heavy atom. The highest BCUT2D eigenvalue weighted by atomic mass is 16.2. The van der Waals surface area contributed by atoms with E-state index < -0.39 is 0 Å². The van der Waals surface area contributed by atoms with Crippen LogP contribution in [0.2, 0.25) is 0 Å². The normalized spacial score (nSPS) is 18.4. The van der Waals surface area contributed by atoms with Gasteiger partial charge in [0.2, 0.25) is 11.8 Å². The maximum absolute atomic E-state index is 11.6. The van der Waals surface area contributed by atoms with Gasteiger partial charge in [-0.2, -0.15) is 0 Å². The molecule has 0 aromatic rings. The van der Waals surface area contributed by atoms with E-state index in [9.17, 15) is 9.59 Å². The molecule has 6 heteroatoms. The molecule has 0 radical (unpaired) electrons. The molecule has 1 aliphatic rings. The maximum Gasteiger partial charge on any atom is 0.236 e. The van der Waals surface area contributed by atoms with E-state index in [0.29, 0.717) is 13.0 Å². The zero-order valence-corrected chi connectivity index (χ0v) is 9.74. The standard InChI is InChI=1S/C10H20N4O2/c1-13-5-3-7-14(8-10(13)16)6-2-4-9(15)12-11/h2-8,11H2,1H3,(H,12,15). The zero-order valence-electron chi connectivity index (χ0n) is 9.74. The summed E-state index contributed by atoms with van der Waals surface area (Å²) >= 11 is 0. The molecule has 0 aromatic carbocycles. The Hall–Kier alpha value is -1.14. The fourth-order valence-electron chi connectivity index (χ4n) is 1.77. The van der Waals surface area contributed by atoms with Crippen molar-refractivity contribution in [2.45, 2.75) is 19.3 Å². The van der Waals surface area contributed by atoms with Gasteiger partial charge < -0.3 is 4.90 Å². The van der Waals surface area contributed by atoms with Crippen LogP contribution in [0, 0.1) is 0 Å². The summed E-state index contributed by atoms with van der Waals surface area (Å²) in [5, 5.41) is 0. The second kappa shape index (κ2) is 6.44. The van der Waals surface area contributed by atoms with Crippen LogP contribution in [-0.4, -0.2) is 54.8 Å². The SMILES string of the molecule is CN1CCCN(CCCC(=O)NN)CC1=O. The lowest BCUT2D eigenvalue weighted by Gasteiger charge is -2.18. The molecule has 1 fully saturated rings. The Morgan fingerprint density at radius 3 is 2.94 bits per heavy atom. The van der Waals surface area contributed by atoms with Gasteiger partial charge >= 0.3 is 0 Å². The molecule has 1 aliphatic heterocycles. The molecule has 2 amide bonds. The van der Waals surface area contributed by atoms with Crippen LogP contribution in [0.15, 0.2) is 0 Å². The monoisotopic (exact) mass is 228 g/mol. The number of nitrogens with zero attached hydrogens (tertiary/aromatic N) is 2. The molecule has 16 heavy (non-hydrogen) atoms. The highest BCUT2D eigenvalue weighted by molar-refractivity contribution is 5.78. The summed E-state index contributed by atoms with van der Waals surface area (Å²) in [5.41, 5.74) is 2.10. The van der Waals surface area contributed by atoms with Gasteiger partial charge in [-0.25, -0.2) is 5.84 Å². The van der Waals surface area contributed by atoms with E-state index in [-0.39, 0.29) is 11.8 Å². The average Bonchev–Trinajstić information content (AvgIpc) is 2.42. The minimum Gasteiger partial charge on any atom is -0.345 e. The summed E-state index contributed by atoms with van der Waals surface area (Å²) in [4.78, 5) is 26.3. The molecule has 3 N–H and O–H groups in total. The first-order valence-electron chi connectivity index (χ1n) is 5.59. The van der Waals surface area contributed by atoms with E-state index in [0.717, 1.165) is 32.5 Å². The van der Waals surface area contributed by atoms with Crippen molar-refractivity contribution in [2.75, 3.05) is 33.2 Å². The number of nitrogens with one attached hydrogen (secondary N) is 1. The van der Waals surface area contributed by atoms with Gasteiger partial charge in [-0.15, -0.1) is 0 Å². The first kappa shape index (κ1) is 12.9. The van der Waals surface area contributed by atoms with Crippen LogP contribution in [-0.2, 0) is 9.59 Å². The Morgan fingerprint density at radius 2 is 2.25 bits per heavy atom. The van der Waals surface area contributed by atoms with Crippen LogP contribution in [0.3, 0.4) is 0 Å². The highest BCUT2D eigenvalue weighted by Gasteiger charge is 2.18. The molecule has 0 atom stereocenters. The Labute approximate surface area is 95.7 Å². The van der Waals surface area contributed by atoms with Gasteiger partial charge in [0.15, 0.2) is 0 Å². The van der Waals surface area contributed by atoms with Crippen molar-refractivity contribution in [3.05, 3.63) is 0 Å². The Bertz CT molecular complexity index is 257. The molecule has 0 spiro atoms. The van der Waals surface area contributed by atoms with Gasteiger partial charge in [-0.05, 0) is 19.4 Å². The first-order valence-corrected chi connectivity index (χ1v) is 5.59. The molecule has 0 saturated carbocycles. The molecule has 92 valence electrons.